The Morgan fingerprint density at radius 3 is 2.86 bits per heavy atom. The van der Waals surface area contributed by atoms with Crippen molar-refractivity contribution >= 4 is 51.3 Å². The largest absolute Gasteiger partial charge is 0.418 e. The molecule has 0 bridgehead atoms. The molecule has 2 heterocycles. The number of aromatic nitrogens is 2. The van der Waals surface area contributed by atoms with E-state index in [0.29, 0.717) is 10.7 Å². The maximum Gasteiger partial charge on any atom is 0.418 e. The molecule has 3 rings (SSSR count). The molecule has 0 saturated carbocycles. The number of aryl methyl sites for hydroxylation is 1. The molecule has 11 heteroatoms. The predicted molar refractivity (Wildman–Crippen MR) is 105 cm³/mol. The van der Waals surface area contributed by atoms with Crippen LogP contribution in [0.3, 0.4) is 0 Å². The third-order valence-electron chi connectivity index (χ3n) is 3.70. The molecule has 1 aromatic carbocycles. The van der Waals surface area contributed by atoms with Gasteiger partial charge < -0.3 is 5.32 Å². The number of rotatable bonds is 5. The summed E-state index contributed by atoms with van der Waals surface area (Å²) in [7, 11) is 0. The van der Waals surface area contributed by atoms with Crippen molar-refractivity contribution in [1.29, 1.82) is 0 Å². The van der Waals surface area contributed by atoms with Crippen LogP contribution in [0, 0.1) is 6.92 Å². The number of alkyl halides is 3. The van der Waals surface area contributed by atoms with E-state index in [1.807, 2.05) is 5.38 Å². The molecule has 0 aliphatic rings. The number of halogens is 4. The van der Waals surface area contributed by atoms with Crippen LogP contribution in [0.2, 0.25) is 5.02 Å². The molecule has 0 fully saturated rings. The van der Waals surface area contributed by atoms with Gasteiger partial charge in [-0.25, -0.2) is 4.98 Å². The molecule has 1 N–H and O–H groups in total. The normalized spacial score (nSPS) is 11.8. The summed E-state index contributed by atoms with van der Waals surface area (Å²) >= 11 is 8.28. The lowest BCUT2D eigenvalue weighted by Gasteiger charge is -2.15. The van der Waals surface area contributed by atoms with E-state index >= 15 is 0 Å². The average molecular weight is 448 g/mol. The summed E-state index contributed by atoms with van der Waals surface area (Å²) in [5.41, 5.74) is -0.398. The third-order valence-corrected chi connectivity index (χ3v) is 5.92. The van der Waals surface area contributed by atoms with Gasteiger partial charge in [0, 0.05) is 22.9 Å². The van der Waals surface area contributed by atoms with Gasteiger partial charge in [0.05, 0.1) is 27.7 Å². The second-order valence-corrected chi connectivity index (χ2v) is 8.01. The number of nitrogens with one attached hydrogen (secondary N) is 1. The Hall–Kier alpha value is -2.04. The van der Waals surface area contributed by atoms with Crippen molar-refractivity contribution in [2.24, 2.45) is 0 Å². The minimum atomic E-state index is -4.64. The van der Waals surface area contributed by atoms with Crippen molar-refractivity contribution in [3.05, 3.63) is 62.0 Å². The molecule has 3 aromatic rings. The van der Waals surface area contributed by atoms with E-state index in [9.17, 15) is 22.8 Å². The fraction of sp³-hybridized carbons (Fsp3) is 0.235. The number of carbonyl (C=O) groups excluding carboxylic acids is 1. The van der Waals surface area contributed by atoms with E-state index in [1.54, 1.807) is 6.92 Å². The molecule has 0 saturated heterocycles. The van der Waals surface area contributed by atoms with Crippen LogP contribution in [0.1, 0.15) is 17.0 Å². The maximum absolute atomic E-state index is 13.1. The molecule has 28 heavy (non-hydrogen) atoms. The molecular weight excluding hydrogens is 435 g/mol. The summed E-state index contributed by atoms with van der Waals surface area (Å²) < 4.78 is 40.7. The summed E-state index contributed by atoms with van der Waals surface area (Å²) in [4.78, 5) is 29.1. The Morgan fingerprint density at radius 1 is 1.39 bits per heavy atom. The molecule has 0 radical (unpaired) electrons. The minimum Gasteiger partial charge on any atom is -0.324 e. The van der Waals surface area contributed by atoms with E-state index in [-0.39, 0.29) is 22.1 Å². The second-order valence-electron chi connectivity index (χ2n) is 5.78. The predicted octanol–water partition coefficient (Wildman–Crippen LogP) is 4.61. The number of thiazole rings is 1. The molecule has 0 aliphatic heterocycles. The average Bonchev–Trinajstić information content (AvgIpc) is 2.97. The Bertz CT molecular complexity index is 1100. The molecule has 0 aliphatic carbocycles. The Morgan fingerprint density at radius 2 is 2.14 bits per heavy atom. The number of fused-ring (bicyclic) bond motifs is 1. The van der Waals surface area contributed by atoms with Crippen LogP contribution in [0.5, 0.6) is 0 Å². The van der Waals surface area contributed by atoms with E-state index in [0.717, 1.165) is 23.5 Å². The maximum atomic E-state index is 13.1. The molecule has 2 aromatic heterocycles. The van der Waals surface area contributed by atoms with Crippen LogP contribution in [0.15, 0.2) is 34.4 Å². The SMILES string of the molecule is Cc1csc2nc(CSCC(=O)Nc3c(Cl)cccc3C(F)(F)F)cc(=O)n12. The van der Waals surface area contributed by atoms with Gasteiger partial charge in [0.1, 0.15) is 0 Å². The first-order chi connectivity index (χ1) is 13.2. The lowest BCUT2D eigenvalue weighted by Crippen LogP contribution is -2.19. The van der Waals surface area contributed by atoms with Crippen molar-refractivity contribution in [2.75, 3.05) is 11.1 Å². The van der Waals surface area contributed by atoms with Gasteiger partial charge in [-0.05, 0) is 19.1 Å². The van der Waals surface area contributed by atoms with E-state index in [2.05, 4.69) is 10.3 Å². The smallest absolute Gasteiger partial charge is 0.324 e. The number of thioether (sulfide) groups is 1. The first-order valence-corrected chi connectivity index (χ1v) is 10.3. The quantitative estimate of drug-likeness (QED) is 0.620. The third kappa shape index (κ3) is 4.50. The van der Waals surface area contributed by atoms with Gasteiger partial charge >= 0.3 is 6.18 Å². The first-order valence-electron chi connectivity index (χ1n) is 7.87. The zero-order valence-corrected chi connectivity index (χ0v) is 16.7. The Balaban J connectivity index is 1.65. The van der Waals surface area contributed by atoms with Gasteiger partial charge in [0.25, 0.3) is 5.56 Å². The number of nitrogens with zero attached hydrogens (tertiary/aromatic N) is 2. The van der Waals surface area contributed by atoms with Crippen LogP contribution in [0.25, 0.3) is 4.96 Å². The molecule has 5 nitrogen and oxygen atoms in total. The fourth-order valence-electron chi connectivity index (χ4n) is 2.49. The van der Waals surface area contributed by atoms with E-state index < -0.39 is 23.3 Å². The number of carbonyl (C=O) groups is 1. The van der Waals surface area contributed by atoms with Crippen molar-refractivity contribution < 1.29 is 18.0 Å². The number of hydrogen-bond acceptors (Lipinski definition) is 5. The summed E-state index contributed by atoms with van der Waals surface area (Å²) in [6.45, 7) is 1.80. The van der Waals surface area contributed by atoms with Gasteiger partial charge in [-0.15, -0.1) is 23.1 Å². The highest BCUT2D eigenvalue weighted by molar-refractivity contribution is 7.99. The van der Waals surface area contributed by atoms with Gasteiger partial charge in [-0.1, -0.05) is 17.7 Å². The highest BCUT2D eigenvalue weighted by atomic mass is 35.5. The standard InChI is InChI=1S/C17H13ClF3N3O2S2/c1-9-6-28-16-22-10(5-14(26)24(9)16)7-27-8-13(25)23-15-11(17(19,20)21)3-2-4-12(15)18/h2-6H,7-8H2,1H3,(H,23,25). The van der Waals surface area contributed by atoms with Crippen LogP contribution < -0.4 is 10.9 Å². The molecule has 0 unspecified atom stereocenters. The van der Waals surface area contributed by atoms with Gasteiger partial charge in [0.15, 0.2) is 4.96 Å². The zero-order chi connectivity index (χ0) is 20.5. The topological polar surface area (TPSA) is 63.5 Å². The monoisotopic (exact) mass is 447 g/mol. The van der Waals surface area contributed by atoms with E-state index in [4.69, 9.17) is 11.6 Å². The van der Waals surface area contributed by atoms with Gasteiger partial charge in [-0.3, -0.25) is 14.0 Å². The van der Waals surface area contributed by atoms with Crippen LogP contribution in [0.4, 0.5) is 18.9 Å². The number of anilines is 1. The Labute approximate surface area is 170 Å². The molecular formula is C17H13ClF3N3O2S2. The van der Waals surface area contributed by atoms with Crippen molar-refractivity contribution in [2.45, 2.75) is 18.9 Å². The van der Waals surface area contributed by atoms with Gasteiger partial charge in [0.2, 0.25) is 5.91 Å². The highest BCUT2D eigenvalue weighted by Crippen LogP contribution is 2.38. The van der Waals surface area contributed by atoms with E-state index in [1.165, 1.54) is 33.9 Å². The minimum absolute atomic E-state index is 0.118. The lowest BCUT2D eigenvalue weighted by molar-refractivity contribution is -0.137. The first kappa shape index (κ1) is 20.7. The van der Waals surface area contributed by atoms with Crippen LogP contribution >= 0.6 is 34.7 Å². The number of benzene rings is 1. The summed E-state index contributed by atoms with van der Waals surface area (Å²) in [5, 5.41) is 3.84. The van der Waals surface area contributed by atoms with Gasteiger partial charge in [-0.2, -0.15) is 13.2 Å². The highest BCUT2D eigenvalue weighted by Gasteiger charge is 2.34. The lowest BCUT2D eigenvalue weighted by atomic mass is 10.1. The summed E-state index contributed by atoms with van der Waals surface area (Å²) in [6, 6.07) is 4.68. The molecule has 0 spiro atoms. The molecule has 1 amide bonds. The van der Waals surface area contributed by atoms with Crippen molar-refractivity contribution in [1.82, 2.24) is 9.38 Å². The van der Waals surface area contributed by atoms with Crippen LogP contribution in [-0.4, -0.2) is 21.0 Å². The zero-order valence-electron chi connectivity index (χ0n) is 14.3. The second kappa shape index (κ2) is 8.14. The van der Waals surface area contributed by atoms with Crippen molar-refractivity contribution in [3.8, 4) is 0 Å². The molecule has 148 valence electrons. The molecule has 0 atom stereocenters. The summed E-state index contributed by atoms with van der Waals surface area (Å²) in [6.07, 6.45) is -4.64. The Kier molecular flexibility index (Phi) is 6.01. The van der Waals surface area contributed by atoms with Crippen LogP contribution in [-0.2, 0) is 16.7 Å². The number of amides is 1. The van der Waals surface area contributed by atoms with Crippen molar-refractivity contribution in [3.63, 3.8) is 0 Å². The number of hydrogen-bond donors (Lipinski definition) is 1. The fourth-order valence-corrected chi connectivity index (χ4v) is 4.32. The number of para-hydroxylation sites is 1. The summed E-state index contributed by atoms with van der Waals surface area (Å²) in [5.74, 6) is -0.481.